The van der Waals surface area contributed by atoms with Crippen LogP contribution < -0.4 is 29.6 Å². The van der Waals surface area contributed by atoms with Crippen molar-refractivity contribution < 1.29 is 45.0 Å². The third-order valence-electron chi connectivity index (χ3n) is 0. The Bertz CT molecular complexity index is 59.2. The van der Waals surface area contributed by atoms with Gasteiger partial charge in [0.15, 0.2) is 0 Å². The molecule has 0 spiro atoms. The van der Waals surface area contributed by atoms with Crippen molar-refractivity contribution >= 4 is 7.91 Å². The van der Waals surface area contributed by atoms with E-state index < -0.39 is 7.91 Å². The molecule has 0 fully saturated rings. The van der Waals surface area contributed by atoms with Gasteiger partial charge in [-0.1, -0.05) is 0 Å². The summed E-state index contributed by atoms with van der Waals surface area (Å²) >= 11 is 0. The quantitative estimate of drug-likeness (QED) is 0.266. The van der Waals surface area contributed by atoms with Crippen LogP contribution in [0.5, 0.6) is 0 Å². The molecule has 3 nitrogen and oxygen atoms in total. The van der Waals surface area contributed by atoms with Gasteiger partial charge >= 0.3 is 37.5 Å². The molecule has 0 amide bonds. The van der Waals surface area contributed by atoms with E-state index in [0.29, 0.717) is 0 Å². The first-order valence-corrected chi connectivity index (χ1v) is 1.70. The maximum Gasteiger partial charge on any atom is 1.00 e. The molecule has 0 unspecified atom stereocenters. The smallest absolute Gasteiger partial charge is 1.00 e. The van der Waals surface area contributed by atoms with E-state index in [0.717, 1.165) is 0 Å². The molecule has 0 aliphatic heterocycles. The van der Waals surface area contributed by atoms with E-state index in [1.807, 2.05) is 0 Å². The maximum absolute atomic E-state index is 8.59. The number of hydrogen-bond donors (Lipinski definition) is 1. The SMILES string of the molecule is O=P(=O)O.[H-].[Na+]. The Labute approximate surface area is 53.1 Å². The van der Waals surface area contributed by atoms with Crippen molar-refractivity contribution in [2.45, 2.75) is 0 Å². The van der Waals surface area contributed by atoms with E-state index in [9.17, 15) is 0 Å². The minimum absolute atomic E-state index is 0. The largest absolute Gasteiger partial charge is 1.00 e. The Morgan fingerprint density at radius 3 is 1.60 bits per heavy atom. The molecule has 0 saturated carbocycles. The van der Waals surface area contributed by atoms with Gasteiger partial charge in [-0.3, -0.25) is 4.89 Å². The first-order chi connectivity index (χ1) is 1.73. The molecule has 0 aromatic rings. The van der Waals surface area contributed by atoms with Crippen LogP contribution in [-0.4, -0.2) is 4.89 Å². The van der Waals surface area contributed by atoms with Gasteiger partial charge in [-0.25, -0.2) is 9.13 Å². The Hall–Kier alpha value is 0.860. The molecular weight excluding hydrogens is 102 g/mol. The predicted octanol–water partition coefficient (Wildman–Crippen LogP) is -2.82. The van der Waals surface area contributed by atoms with Crippen molar-refractivity contribution in [3.63, 3.8) is 0 Å². The van der Waals surface area contributed by atoms with Crippen molar-refractivity contribution in [2.75, 3.05) is 0 Å². The van der Waals surface area contributed by atoms with Crippen LogP contribution in [0.4, 0.5) is 0 Å². The summed E-state index contributed by atoms with van der Waals surface area (Å²) in [4.78, 5) is 7.01. The Morgan fingerprint density at radius 2 is 1.60 bits per heavy atom. The molecule has 0 aliphatic carbocycles. The van der Waals surface area contributed by atoms with E-state index >= 15 is 0 Å². The van der Waals surface area contributed by atoms with Gasteiger partial charge in [0, 0.05) is 0 Å². The fraction of sp³-hybridized carbons (Fsp3) is 0. The van der Waals surface area contributed by atoms with E-state index in [4.69, 9.17) is 14.0 Å². The first kappa shape index (κ1) is 9.29. The second-order valence-corrected chi connectivity index (χ2v) is 0.714. The molecule has 0 saturated heterocycles. The van der Waals surface area contributed by atoms with Crippen molar-refractivity contribution in [1.82, 2.24) is 0 Å². The topological polar surface area (TPSA) is 54.4 Å². The van der Waals surface area contributed by atoms with Gasteiger partial charge in [0.05, 0.1) is 0 Å². The molecule has 0 aliphatic rings. The van der Waals surface area contributed by atoms with Crippen LogP contribution >= 0.6 is 7.91 Å². The third-order valence-corrected chi connectivity index (χ3v) is 0. The minimum atomic E-state index is -3.12. The first-order valence-electron chi connectivity index (χ1n) is 0.565. The van der Waals surface area contributed by atoms with Crippen molar-refractivity contribution in [2.24, 2.45) is 0 Å². The Morgan fingerprint density at radius 1 is 1.60 bits per heavy atom. The predicted molar refractivity (Wildman–Crippen MR) is 11.6 cm³/mol. The van der Waals surface area contributed by atoms with Gasteiger partial charge in [-0.15, -0.1) is 0 Å². The summed E-state index contributed by atoms with van der Waals surface area (Å²) in [7, 11) is -3.12. The minimum Gasteiger partial charge on any atom is -1.00 e. The molecular formula is H2NaO3P. The Balaban J connectivity index is -0.0000000450. The molecule has 0 bridgehead atoms. The van der Waals surface area contributed by atoms with E-state index in [1.54, 1.807) is 0 Å². The van der Waals surface area contributed by atoms with Gasteiger partial charge in [-0.2, -0.15) is 0 Å². The summed E-state index contributed by atoms with van der Waals surface area (Å²) in [6.45, 7) is 0. The molecule has 0 rings (SSSR count). The van der Waals surface area contributed by atoms with Gasteiger partial charge in [-0.05, 0) is 0 Å². The van der Waals surface area contributed by atoms with Crippen LogP contribution in [0.2, 0.25) is 0 Å². The molecule has 0 aromatic carbocycles. The van der Waals surface area contributed by atoms with Crippen LogP contribution in [-0.2, 0) is 9.13 Å². The molecule has 0 aromatic heterocycles. The average Bonchev–Trinajstić information content (AvgIpc) is 0.811. The summed E-state index contributed by atoms with van der Waals surface area (Å²) in [6, 6.07) is 0. The Kier molecular flexibility index (Phi) is 9.03. The molecule has 5 heavy (non-hydrogen) atoms. The van der Waals surface area contributed by atoms with Crippen molar-refractivity contribution in [1.29, 1.82) is 0 Å². The van der Waals surface area contributed by atoms with E-state index in [1.165, 1.54) is 0 Å². The zero-order valence-electron chi connectivity index (χ0n) is 3.71. The summed E-state index contributed by atoms with van der Waals surface area (Å²) in [5, 5.41) is 0. The molecule has 0 atom stereocenters. The van der Waals surface area contributed by atoms with Crippen LogP contribution in [0, 0.1) is 0 Å². The summed E-state index contributed by atoms with van der Waals surface area (Å²) < 4.78 is 17.2. The van der Waals surface area contributed by atoms with E-state index in [-0.39, 0.29) is 31.0 Å². The van der Waals surface area contributed by atoms with Gasteiger partial charge in [0.25, 0.3) is 0 Å². The maximum atomic E-state index is 8.59. The van der Waals surface area contributed by atoms with Gasteiger partial charge in [0.1, 0.15) is 0 Å². The zero-order chi connectivity index (χ0) is 3.58. The van der Waals surface area contributed by atoms with Crippen LogP contribution in [0.25, 0.3) is 0 Å². The van der Waals surface area contributed by atoms with Crippen LogP contribution in [0.1, 0.15) is 1.43 Å². The van der Waals surface area contributed by atoms with E-state index in [2.05, 4.69) is 0 Å². The number of rotatable bonds is 0. The zero-order valence-corrected chi connectivity index (χ0v) is 5.61. The monoisotopic (exact) mass is 104 g/mol. The molecule has 26 valence electrons. The summed E-state index contributed by atoms with van der Waals surface area (Å²) in [5.74, 6) is 0. The molecule has 0 heterocycles. The standard InChI is InChI=1S/Na.HO3P.H/c;1-4(2)3;/h;(H,1,2,3);/q+1;;-1. The van der Waals surface area contributed by atoms with Gasteiger partial charge in [0.2, 0.25) is 0 Å². The molecule has 0 radical (unpaired) electrons. The average molecular weight is 104 g/mol. The molecule has 1 N–H and O–H groups in total. The third kappa shape index (κ3) is 53.7. The second kappa shape index (κ2) is 4.86. The van der Waals surface area contributed by atoms with Crippen molar-refractivity contribution in [3.8, 4) is 0 Å². The summed E-state index contributed by atoms with van der Waals surface area (Å²) in [6.07, 6.45) is 0. The fourth-order valence-corrected chi connectivity index (χ4v) is 0. The van der Waals surface area contributed by atoms with Crippen LogP contribution in [0.3, 0.4) is 0 Å². The van der Waals surface area contributed by atoms with Crippen molar-refractivity contribution in [3.05, 3.63) is 0 Å². The number of hydrogen-bond acceptors (Lipinski definition) is 2. The molecule has 5 heteroatoms. The van der Waals surface area contributed by atoms with Crippen LogP contribution in [0.15, 0.2) is 0 Å². The fourth-order valence-electron chi connectivity index (χ4n) is 0. The summed E-state index contributed by atoms with van der Waals surface area (Å²) in [5.41, 5.74) is 0. The van der Waals surface area contributed by atoms with Gasteiger partial charge < -0.3 is 1.43 Å². The normalized spacial score (nSPS) is 5.00. The second-order valence-electron chi connectivity index (χ2n) is 0.238.